The Morgan fingerprint density at radius 2 is 2.20 bits per heavy atom. The number of carbonyl (C=O) groups is 1. The van der Waals surface area contributed by atoms with Crippen LogP contribution in [0, 0.1) is 6.92 Å². The molecule has 0 bridgehead atoms. The molecule has 0 atom stereocenters. The molecular weight excluding hydrogens is 296 g/mol. The van der Waals surface area contributed by atoms with E-state index in [0.29, 0.717) is 13.1 Å². The number of aryl methyl sites for hydroxylation is 1. The molecule has 1 aliphatic heterocycles. The molecule has 2 aromatic heterocycles. The number of nitrogens with one attached hydrogen (secondary N) is 1. The molecule has 1 amide bonds. The third-order valence-corrected chi connectivity index (χ3v) is 4.69. The Bertz CT molecular complexity index is 697. The second-order valence-electron chi connectivity index (χ2n) is 5.36. The van der Waals surface area contributed by atoms with Gasteiger partial charge in [-0.1, -0.05) is 0 Å². The Balaban J connectivity index is 2.20. The molecule has 1 saturated heterocycles. The summed E-state index contributed by atoms with van der Waals surface area (Å²) >= 11 is 7.62. The molecule has 7 heteroatoms. The lowest BCUT2D eigenvalue weighted by atomic mass is 9.98. The van der Waals surface area contributed by atoms with Crippen LogP contribution in [0.3, 0.4) is 0 Å². The highest BCUT2D eigenvalue weighted by Crippen LogP contribution is 2.35. The largest absolute Gasteiger partial charge is 0.352 e. The maximum absolute atomic E-state index is 12.1. The zero-order valence-corrected chi connectivity index (χ0v) is 13.1. The van der Waals surface area contributed by atoms with Crippen LogP contribution in [0.4, 0.5) is 5.82 Å². The van der Waals surface area contributed by atoms with Gasteiger partial charge in [-0.05, 0) is 38.4 Å². The van der Waals surface area contributed by atoms with Gasteiger partial charge in [0.1, 0.15) is 16.2 Å². The molecule has 0 aliphatic carbocycles. The van der Waals surface area contributed by atoms with Crippen LogP contribution in [0.5, 0.6) is 0 Å². The maximum atomic E-state index is 12.1. The monoisotopic (exact) mass is 310 g/mol. The standard InChI is InChI=1S/C13H15ClN4OS/c1-7-6-8-9(16-12(14)17-10(8)20-7)18-5-4-15-11(19)13(18,2)3/h6H,4-5H2,1-3H3,(H,15,19). The van der Waals surface area contributed by atoms with E-state index in [1.807, 2.05) is 31.7 Å². The SMILES string of the molecule is Cc1cc2c(N3CCNC(=O)C3(C)C)nc(Cl)nc2s1. The molecule has 0 radical (unpaired) electrons. The number of carbonyl (C=O) groups excluding carboxylic acids is 1. The van der Waals surface area contributed by atoms with Crippen molar-refractivity contribution in [1.29, 1.82) is 0 Å². The number of fused-ring (bicyclic) bond motifs is 1. The summed E-state index contributed by atoms with van der Waals surface area (Å²) in [6.45, 7) is 7.12. The van der Waals surface area contributed by atoms with E-state index in [2.05, 4.69) is 15.3 Å². The summed E-state index contributed by atoms with van der Waals surface area (Å²) in [4.78, 5) is 24.8. The number of thiophene rings is 1. The van der Waals surface area contributed by atoms with Crippen LogP contribution in [-0.2, 0) is 4.79 Å². The van der Waals surface area contributed by atoms with Crippen molar-refractivity contribution in [3.8, 4) is 0 Å². The quantitative estimate of drug-likeness (QED) is 0.822. The van der Waals surface area contributed by atoms with Gasteiger partial charge in [-0.25, -0.2) is 4.98 Å². The second-order valence-corrected chi connectivity index (χ2v) is 6.93. The Morgan fingerprint density at radius 1 is 1.45 bits per heavy atom. The first-order chi connectivity index (χ1) is 9.39. The van der Waals surface area contributed by atoms with Gasteiger partial charge in [0.15, 0.2) is 0 Å². The number of aromatic nitrogens is 2. The minimum Gasteiger partial charge on any atom is -0.352 e. The van der Waals surface area contributed by atoms with Gasteiger partial charge in [-0.3, -0.25) is 4.79 Å². The summed E-state index contributed by atoms with van der Waals surface area (Å²) in [6.07, 6.45) is 0. The third kappa shape index (κ3) is 2.03. The predicted molar refractivity (Wildman–Crippen MR) is 81.6 cm³/mol. The van der Waals surface area contributed by atoms with Gasteiger partial charge in [-0.15, -0.1) is 11.3 Å². The third-order valence-electron chi connectivity index (χ3n) is 3.58. The van der Waals surface area contributed by atoms with E-state index in [0.717, 1.165) is 20.9 Å². The van der Waals surface area contributed by atoms with E-state index in [1.165, 1.54) is 0 Å². The van der Waals surface area contributed by atoms with Crippen molar-refractivity contribution in [3.05, 3.63) is 16.2 Å². The first-order valence-corrected chi connectivity index (χ1v) is 7.58. The molecule has 0 unspecified atom stereocenters. The molecule has 1 aliphatic rings. The molecular formula is C13H15ClN4OS. The number of nitrogens with zero attached hydrogens (tertiary/aromatic N) is 3. The lowest BCUT2D eigenvalue weighted by molar-refractivity contribution is -0.126. The molecule has 1 N–H and O–H groups in total. The highest BCUT2D eigenvalue weighted by molar-refractivity contribution is 7.18. The van der Waals surface area contributed by atoms with E-state index < -0.39 is 5.54 Å². The number of amides is 1. The predicted octanol–water partition coefficient (Wildman–Crippen LogP) is 2.37. The van der Waals surface area contributed by atoms with E-state index in [4.69, 9.17) is 11.6 Å². The summed E-state index contributed by atoms with van der Waals surface area (Å²) < 4.78 is 0. The van der Waals surface area contributed by atoms with Gasteiger partial charge in [0.05, 0.1) is 5.39 Å². The van der Waals surface area contributed by atoms with Crippen molar-refractivity contribution < 1.29 is 4.79 Å². The van der Waals surface area contributed by atoms with Crippen molar-refractivity contribution in [3.63, 3.8) is 0 Å². The Labute approximate surface area is 126 Å². The van der Waals surface area contributed by atoms with Gasteiger partial charge in [0, 0.05) is 18.0 Å². The van der Waals surface area contributed by atoms with Gasteiger partial charge in [0.2, 0.25) is 11.2 Å². The van der Waals surface area contributed by atoms with Crippen LogP contribution in [-0.4, -0.2) is 34.5 Å². The fraction of sp³-hybridized carbons (Fsp3) is 0.462. The highest BCUT2D eigenvalue weighted by Gasteiger charge is 2.39. The summed E-state index contributed by atoms with van der Waals surface area (Å²) in [5.74, 6) is 0.739. The average Bonchev–Trinajstić information content (AvgIpc) is 2.72. The maximum Gasteiger partial charge on any atom is 0.245 e. The van der Waals surface area contributed by atoms with Crippen molar-refractivity contribution in [2.75, 3.05) is 18.0 Å². The van der Waals surface area contributed by atoms with Crippen LogP contribution in [0.2, 0.25) is 5.28 Å². The lowest BCUT2D eigenvalue weighted by Crippen LogP contribution is -2.62. The Hall–Kier alpha value is -1.40. The normalized spacial score (nSPS) is 18.4. The van der Waals surface area contributed by atoms with Crippen LogP contribution >= 0.6 is 22.9 Å². The first-order valence-electron chi connectivity index (χ1n) is 6.39. The van der Waals surface area contributed by atoms with E-state index in [1.54, 1.807) is 11.3 Å². The Morgan fingerprint density at radius 3 is 2.95 bits per heavy atom. The number of hydrogen-bond acceptors (Lipinski definition) is 5. The molecule has 3 heterocycles. The molecule has 0 aromatic carbocycles. The Kier molecular flexibility index (Phi) is 3.10. The van der Waals surface area contributed by atoms with Crippen molar-refractivity contribution in [2.45, 2.75) is 26.3 Å². The number of piperazine rings is 1. The molecule has 0 spiro atoms. The number of rotatable bonds is 1. The van der Waals surface area contributed by atoms with Crippen LogP contribution in [0.25, 0.3) is 10.2 Å². The summed E-state index contributed by atoms with van der Waals surface area (Å²) in [6, 6.07) is 2.05. The summed E-state index contributed by atoms with van der Waals surface area (Å²) in [7, 11) is 0. The van der Waals surface area contributed by atoms with E-state index in [-0.39, 0.29) is 11.2 Å². The zero-order chi connectivity index (χ0) is 14.5. The topological polar surface area (TPSA) is 58.1 Å². The number of anilines is 1. The van der Waals surface area contributed by atoms with E-state index in [9.17, 15) is 4.79 Å². The van der Waals surface area contributed by atoms with Crippen LogP contribution in [0.1, 0.15) is 18.7 Å². The fourth-order valence-electron chi connectivity index (χ4n) is 2.48. The molecule has 106 valence electrons. The summed E-state index contributed by atoms with van der Waals surface area (Å²) in [5.41, 5.74) is -0.654. The average molecular weight is 311 g/mol. The second kappa shape index (κ2) is 4.56. The molecule has 0 saturated carbocycles. The molecule has 3 rings (SSSR count). The highest BCUT2D eigenvalue weighted by atomic mass is 35.5. The minimum absolute atomic E-state index is 0.00131. The van der Waals surface area contributed by atoms with Gasteiger partial charge >= 0.3 is 0 Å². The van der Waals surface area contributed by atoms with Crippen LogP contribution in [0.15, 0.2) is 6.07 Å². The van der Waals surface area contributed by atoms with Crippen molar-refractivity contribution in [2.24, 2.45) is 0 Å². The molecule has 20 heavy (non-hydrogen) atoms. The minimum atomic E-state index is -0.654. The first kappa shape index (κ1) is 13.6. The summed E-state index contributed by atoms with van der Waals surface area (Å²) in [5, 5.41) is 4.06. The van der Waals surface area contributed by atoms with Crippen molar-refractivity contribution in [1.82, 2.24) is 15.3 Å². The molecule has 5 nitrogen and oxygen atoms in total. The fourth-order valence-corrected chi connectivity index (χ4v) is 3.57. The van der Waals surface area contributed by atoms with Gasteiger partial charge in [-0.2, -0.15) is 4.98 Å². The zero-order valence-electron chi connectivity index (χ0n) is 11.5. The number of hydrogen-bond donors (Lipinski definition) is 1. The van der Waals surface area contributed by atoms with Gasteiger partial charge in [0.25, 0.3) is 0 Å². The van der Waals surface area contributed by atoms with Crippen molar-refractivity contribution >= 4 is 44.9 Å². The van der Waals surface area contributed by atoms with E-state index >= 15 is 0 Å². The molecule has 2 aromatic rings. The number of halogens is 1. The van der Waals surface area contributed by atoms with Crippen LogP contribution < -0.4 is 10.2 Å². The molecule has 1 fully saturated rings. The lowest BCUT2D eigenvalue weighted by Gasteiger charge is -2.42. The smallest absolute Gasteiger partial charge is 0.245 e. The van der Waals surface area contributed by atoms with Gasteiger partial charge < -0.3 is 10.2 Å².